The van der Waals surface area contributed by atoms with Crippen molar-refractivity contribution in [3.8, 4) is 0 Å². The van der Waals surface area contributed by atoms with Crippen LogP contribution in [0.15, 0.2) is 29.1 Å². The molecule has 2 aromatic rings. The summed E-state index contributed by atoms with van der Waals surface area (Å²) >= 11 is 0. The Hall–Kier alpha value is -2.24. The molecule has 6 heteroatoms. The number of aryl methyl sites for hydroxylation is 1. The van der Waals surface area contributed by atoms with E-state index in [9.17, 15) is 4.79 Å². The van der Waals surface area contributed by atoms with Crippen LogP contribution in [0, 0.1) is 6.92 Å². The molecule has 0 unspecified atom stereocenters. The largest absolute Gasteiger partial charge is 0.467 e. The Labute approximate surface area is 117 Å². The molecule has 0 atom stereocenters. The van der Waals surface area contributed by atoms with Crippen LogP contribution in [0.5, 0.6) is 0 Å². The fourth-order valence-corrected chi connectivity index (χ4v) is 1.96. The number of rotatable bonds is 6. The molecule has 0 bridgehead atoms. The Balaban J connectivity index is 1.51. The van der Waals surface area contributed by atoms with Crippen LogP contribution in [-0.2, 0) is 17.9 Å². The van der Waals surface area contributed by atoms with Gasteiger partial charge in [-0.25, -0.2) is 0 Å². The van der Waals surface area contributed by atoms with Crippen molar-refractivity contribution < 1.29 is 9.21 Å². The second-order valence-corrected chi connectivity index (χ2v) is 5.15. The summed E-state index contributed by atoms with van der Waals surface area (Å²) < 4.78 is 6.99. The molecule has 0 saturated heterocycles. The van der Waals surface area contributed by atoms with Crippen molar-refractivity contribution in [2.45, 2.75) is 38.9 Å². The molecule has 2 heterocycles. The first-order chi connectivity index (χ1) is 9.70. The molecule has 0 aliphatic heterocycles. The fourth-order valence-electron chi connectivity index (χ4n) is 1.96. The molecule has 2 aromatic heterocycles. The molecular formula is C14H18N4O2. The van der Waals surface area contributed by atoms with E-state index >= 15 is 0 Å². The molecule has 3 rings (SSSR count). The minimum atomic E-state index is 0.0176. The highest BCUT2D eigenvalue weighted by Crippen LogP contribution is 2.18. The van der Waals surface area contributed by atoms with Gasteiger partial charge < -0.3 is 15.1 Å². The van der Waals surface area contributed by atoms with Crippen LogP contribution in [0.25, 0.3) is 0 Å². The number of nitrogens with zero attached hydrogens (tertiary/aromatic N) is 2. The zero-order chi connectivity index (χ0) is 13.9. The Morgan fingerprint density at radius 2 is 2.40 bits per heavy atom. The van der Waals surface area contributed by atoms with Crippen LogP contribution >= 0.6 is 0 Å². The van der Waals surface area contributed by atoms with Gasteiger partial charge in [-0.1, -0.05) is 0 Å². The standard InChI is InChI=1S/C14H18N4O2/c1-10-4-5-20-13(10)7-15-12-6-16-18(8-12)9-14(19)17-11-2-3-11/h4-6,8,11,15H,2-3,7,9H2,1H3,(H,17,19). The zero-order valence-electron chi connectivity index (χ0n) is 11.4. The molecular weight excluding hydrogens is 256 g/mol. The lowest BCUT2D eigenvalue weighted by molar-refractivity contribution is -0.122. The van der Waals surface area contributed by atoms with Crippen LogP contribution in [0.1, 0.15) is 24.2 Å². The van der Waals surface area contributed by atoms with Crippen LogP contribution in [-0.4, -0.2) is 21.7 Å². The highest BCUT2D eigenvalue weighted by molar-refractivity contribution is 5.76. The SMILES string of the molecule is Cc1ccoc1CNc1cnn(CC(=O)NC2CC2)c1. The van der Waals surface area contributed by atoms with Crippen LogP contribution < -0.4 is 10.6 Å². The first-order valence-electron chi connectivity index (χ1n) is 6.79. The van der Waals surface area contributed by atoms with E-state index in [4.69, 9.17) is 4.42 Å². The van der Waals surface area contributed by atoms with Gasteiger partial charge >= 0.3 is 0 Å². The first kappa shape index (κ1) is 12.8. The smallest absolute Gasteiger partial charge is 0.241 e. The molecule has 0 aromatic carbocycles. The molecule has 0 spiro atoms. The van der Waals surface area contributed by atoms with E-state index in [0.29, 0.717) is 12.6 Å². The summed E-state index contributed by atoms with van der Waals surface area (Å²) in [5.74, 6) is 0.924. The molecule has 2 N–H and O–H groups in total. The van der Waals surface area contributed by atoms with Crippen molar-refractivity contribution >= 4 is 11.6 Å². The van der Waals surface area contributed by atoms with Crippen molar-refractivity contribution in [3.63, 3.8) is 0 Å². The van der Waals surface area contributed by atoms with E-state index in [2.05, 4.69) is 15.7 Å². The van der Waals surface area contributed by atoms with Crippen molar-refractivity contribution in [1.29, 1.82) is 0 Å². The van der Waals surface area contributed by atoms with Gasteiger partial charge in [0.25, 0.3) is 0 Å². The number of carbonyl (C=O) groups excluding carboxylic acids is 1. The molecule has 1 aliphatic carbocycles. The maximum Gasteiger partial charge on any atom is 0.241 e. The highest BCUT2D eigenvalue weighted by atomic mass is 16.3. The van der Waals surface area contributed by atoms with Gasteiger partial charge in [-0.15, -0.1) is 0 Å². The maximum absolute atomic E-state index is 11.7. The Kier molecular flexibility index (Phi) is 3.45. The molecule has 1 fully saturated rings. The minimum Gasteiger partial charge on any atom is -0.467 e. The second kappa shape index (κ2) is 5.40. The van der Waals surface area contributed by atoms with Crippen molar-refractivity contribution in [2.24, 2.45) is 0 Å². The van der Waals surface area contributed by atoms with Gasteiger partial charge in [-0.05, 0) is 31.4 Å². The van der Waals surface area contributed by atoms with Crippen molar-refractivity contribution in [1.82, 2.24) is 15.1 Å². The number of furan rings is 1. The normalized spacial score (nSPS) is 14.2. The quantitative estimate of drug-likeness (QED) is 0.840. The Morgan fingerprint density at radius 1 is 1.55 bits per heavy atom. The van der Waals surface area contributed by atoms with E-state index < -0.39 is 0 Å². The average Bonchev–Trinajstić information content (AvgIpc) is 2.95. The monoisotopic (exact) mass is 274 g/mol. The van der Waals surface area contributed by atoms with Crippen LogP contribution in [0.4, 0.5) is 5.69 Å². The van der Waals surface area contributed by atoms with Gasteiger partial charge in [0.1, 0.15) is 12.3 Å². The minimum absolute atomic E-state index is 0.0176. The number of aromatic nitrogens is 2. The van der Waals surface area contributed by atoms with Crippen LogP contribution in [0.2, 0.25) is 0 Å². The number of anilines is 1. The molecule has 1 amide bonds. The molecule has 1 saturated carbocycles. The second-order valence-electron chi connectivity index (χ2n) is 5.15. The molecule has 106 valence electrons. The molecule has 0 radical (unpaired) electrons. The molecule has 6 nitrogen and oxygen atoms in total. The van der Waals surface area contributed by atoms with Crippen molar-refractivity contribution in [2.75, 3.05) is 5.32 Å². The fraction of sp³-hybridized carbons (Fsp3) is 0.429. The number of nitrogens with one attached hydrogen (secondary N) is 2. The van der Waals surface area contributed by atoms with E-state index in [1.807, 2.05) is 19.2 Å². The average molecular weight is 274 g/mol. The summed E-state index contributed by atoms with van der Waals surface area (Å²) in [4.78, 5) is 11.7. The lowest BCUT2D eigenvalue weighted by Crippen LogP contribution is -2.29. The maximum atomic E-state index is 11.7. The molecule has 20 heavy (non-hydrogen) atoms. The highest BCUT2D eigenvalue weighted by Gasteiger charge is 2.23. The van der Waals surface area contributed by atoms with Gasteiger partial charge in [0, 0.05) is 12.2 Å². The van der Waals surface area contributed by atoms with Crippen molar-refractivity contribution in [3.05, 3.63) is 36.0 Å². The third kappa shape index (κ3) is 3.20. The van der Waals surface area contributed by atoms with Crippen LogP contribution in [0.3, 0.4) is 0 Å². The predicted octanol–water partition coefficient (Wildman–Crippen LogP) is 1.68. The summed E-state index contributed by atoms with van der Waals surface area (Å²) in [6, 6.07) is 2.32. The lowest BCUT2D eigenvalue weighted by atomic mass is 10.3. The summed E-state index contributed by atoms with van der Waals surface area (Å²) in [7, 11) is 0. The van der Waals surface area contributed by atoms with Gasteiger partial charge in [-0.3, -0.25) is 9.48 Å². The number of amides is 1. The summed E-state index contributed by atoms with van der Waals surface area (Å²) in [5.41, 5.74) is 1.99. The van der Waals surface area contributed by atoms with E-state index in [1.54, 1.807) is 17.1 Å². The lowest BCUT2D eigenvalue weighted by Gasteiger charge is -2.03. The van der Waals surface area contributed by atoms with Gasteiger partial charge in [0.15, 0.2) is 0 Å². The number of carbonyl (C=O) groups is 1. The number of hydrogen-bond acceptors (Lipinski definition) is 4. The van der Waals surface area contributed by atoms with E-state index in [1.165, 1.54) is 0 Å². The summed E-state index contributed by atoms with van der Waals surface area (Å²) in [6.45, 7) is 2.88. The summed E-state index contributed by atoms with van der Waals surface area (Å²) in [6.07, 6.45) is 7.41. The number of hydrogen-bond donors (Lipinski definition) is 2. The van der Waals surface area contributed by atoms with Gasteiger partial charge in [-0.2, -0.15) is 5.10 Å². The Bertz CT molecular complexity index is 598. The summed E-state index contributed by atoms with van der Waals surface area (Å²) in [5, 5.41) is 10.3. The third-order valence-electron chi connectivity index (χ3n) is 3.30. The van der Waals surface area contributed by atoms with Gasteiger partial charge in [0.05, 0.1) is 24.7 Å². The first-order valence-corrected chi connectivity index (χ1v) is 6.79. The van der Waals surface area contributed by atoms with Gasteiger partial charge in [0.2, 0.25) is 5.91 Å². The van der Waals surface area contributed by atoms with E-state index in [0.717, 1.165) is 29.9 Å². The predicted molar refractivity (Wildman–Crippen MR) is 74.2 cm³/mol. The van der Waals surface area contributed by atoms with E-state index in [-0.39, 0.29) is 12.5 Å². The third-order valence-corrected chi connectivity index (χ3v) is 3.30. The topological polar surface area (TPSA) is 72.1 Å². The Morgan fingerprint density at radius 3 is 3.10 bits per heavy atom. The zero-order valence-corrected chi connectivity index (χ0v) is 11.4. The molecule has 1 aliphatic rings.